The summed E-state index contributed by atoms with van der Waals surface area (Å²) in [5, 5.41) is 0.724. The third-order valence-electron chi connectivity index (χ3n) is 4.68. The van der Waals surface area contributed by atoms with E-state index in [0.717, 1.165) is 33.2 Å². The zero-order chi connectivity index (χ0) is 19.5. The molecule has 0 spiro atoms. The van der Waals surface area contributed by atoms with E-state index in [4.69, 9.17) is 4.98 Å². The van der Waals surface area contributed by atoms with Crippen molar-refractivity contribution in [3.63, 3.8) is 0 Å². The van der Waals surface area contributed by atoms with Crippen LogP contribution in [0.1, 0.15) is 27.3 Å². The van der Waals surface area contributed by atoms with E-state index >= 15 is 0 Å². The van der Waals surface area contributed by atoms with Gasteiger partial charge in [-0.3, -0.25) is 14.7 Å². The van der Waals surface area contributed by atoms with Crippen LogP contribution in [0.3, 0.4) is 0 Å². The van der Waals surface area contributed by atoms with Gasteiger partial charge in [-0.05, 0) is 50.1 Å². The SMILES string of the molecule is Cc1ccc(C(=O)N(CCc2ccccc2)c2nc3ccccc3s2)c(C)n1. The predicted molar refractivity (Wildman–Crippen MR) is 115 cm³/mol. The Morgan fingerprint density at radius 1 is 0.929 bits per heavy atom. The molecule has 0 aliphatic carbocycles. The lowest BCUT2D eigenvalue weighted by molar-refractivity contribution is 0.0986. The number of para-hydroxylation sites is 1. The lowest BCUT2D eigenvalue weighted by Crippen LogP contribution is -2.33. The molecule has 2 aromatic heterocycles. The molecule has 2 aromatic carbocycles. The van der Waals surface area contributed by atoms with Gasteiger partial charge in [0.05, 0.1) is 21.5 Å². The average molecular weight is 388 g/mol. The van der Waals surface area contributed by atoms with Crippen molar-refractivity contribution in [2.24, 2.45) is 0 Å². The first-order valence-electron chi connectivity index (χ1n) is 9.27. The van der Waals surface area contributed by atoms with Crippen molar-refractivity contribution in [3.05, 3.63) is 89.2 Å². The number of carbonyl (C=O) groups excluding carboxylic acids is 1. The molecule has 4 rings (SSSR count). The van der Waals surface area contributed by atoms with Gasteiger partial charge in [0, 0.05) is 12.2 Å². The molecule has 0 N–H and O–H groups in total. The molecule has 5 heteroatoms. The number of nitrogens with zero attached hydrogens (tertiary/aromatic N) is 3. The Morgan fingerprint density at radius 3 is 2.43 bits per heavy atom. The lowest BCUT2D eigenvalue weighted by atomic mass is 10.1. The van der Waals surface area contributed by atoms with E-state index in [1.807, 2.05) is 68.4 Å². The highest BCUT2D eigenvalue weighted by atomic mass is 32.1. The fraction of sp³-hybridized carbons (Fsp3) is 0.174. The largest absolute Gasteiger partial charge is 0.284 e. The first-order valence-corrected chi connectivity index (χ1v) is 10.1. The van der Waals surface area contributed by atoms with Crippen LogP contribution in [0.15, 0.2) is 66.7 Å². The van der Waals surface area contributed by atoms with Crippen LogP contribution < -0.4 is 4.90 Å². The summed E-state index contributed by atoms with van der Waals surface area (Å²) in [4.78, 5) is 24.4. The quantitative estimate of drug-likeness (QED) is 0.473. The summed E-state index contributed by atoms with van der Waals surface area (Å²) >= 11 is 1.55. The van der Waals surface area contributed by atoms with Crippen LogP contribution in [0, 0.1) is 13.8 Å². The Balaban J connectivity index is 1.70. The molecule has 4 aromatic rings. The molecule has 0 radical (unpaired) electrons. The van der Waals surface area contributed by atoms with E-state index < -0.39 is 0 Å². The summed E-state index contributed by atoms with van der Waals surface area (Å²) in [6.45, 7) is 4.38. The number of thiazole rings is 1. The van der Waals surface area contributed by atoms with E-state index in [1.165, 1.54) is 5.56 Å². The van der Waals surface area contributed by atoms with Gasteiger partial charge in [-0.15, -0.1) is 0 Å². The van der Waals surface area contributed by atoms with Crippen LogP contribution in [-0.2, 0) is 6.42 Å². The van der Waals surface area contributed by atoms with Crippen LogP contribution >= 0.6 is 11.3 Å². The Labute approximate surface area is 168 Å². The molecule has 2 heterocycles. The fourth-order valence-electron chi connectivity index (χ4n) is 3.20. The standard InChI is InChI=1S/C23H21N3OS/c1-16-12-13-19(17(2)24-16)22(27)26(15-14-18-8-4-3-5-9-18)23-25-20-10-6-7-11-21(20)28-23/h3-13H,14-15H2,1-2H3. The molecule has 0 bridgehead atoms. The lowest BCUT2D eigenvalue weighted by Gasteiger charge is -2.21. The zero-order valence-electron chi connectivity index (χ0n) is 15.9. The van der Waals surface area contributed by atoms with Crippen molar-refractivity contribution in [3.8, 4) is 0 Å². The molecular formula is C23H21N3OS. The number of benzene rings is 2. The van der Waals surface area contributed by atoms with Crippen molar-refractivity contribution in [2.75, 3.05) is 11.4 Å². The summed E-state index contributed by atoms with van der Waals surface area (Å²) in [6, 6.07) is 21.9. The minimum absolute atomic E-state index is 0.0556. The highest BCUT2D eigenvalue weighted by Gasteiger charge is 2.23. The number of anilines is 1. The van der Waals surface area contributed by atoms with E-state index in [0.29, 0.717) is 12.1 Å². The summed E-state index contributed by atoms with van der Waals surface area (Å²) in [5.41, 5.74) is 4.39. The van der Waals surface area contributed by atoms with E-state index in [1.54, 1.807) is 16.2 Å². The Morgan fingerprint density at radius 2 is 1.68 bits per heavy atom. The van der Waals surface area contributed by atoms with Gasteiger partial charge in [0.25, 0.3) is 5.91 Å². The maximum absolute atomic E-state index is 13.4. The van der Waals surface area contributed by atoms with Crippen molar-refractivity contribution < 1.29 is 4.79 Å². The topological polar surface area (TPSA) is 46.1 Å². The average Bonchev–Trinajstić information content (AvgIpc) is 3.12. The number of rotatable bonds is 5. The first kappa shape index (κ1) is 18.3. The summed E-state index contributed by atoms with van der Waals surface area (Å²) in [7, 11) is 0. The number of aromatic nitrogens is 2. The third kappa shape index (κ3) is 3.80. The smallest absolute Gasteiger partial charge is 0.261 e. The van der Waals surface area contributed by atoms with Crippen molar-refractivity contribution in [2.45, 2.75) is 20.3 Å². The maximum atomic E-state index is 13.4. The Hall–Kier alpha value is -3.05. The number of carbonyl (C=O) groups is 1. The van der Waals surface area contributed by atoms with Crippen molar-refractivity contribution >= 4 is 32.6 Å². The van der Waals surface area contributed by atoms with E-state index in [-0.39, 0.29) is 5.91 Å². The molecule has 0 saturated carbocycles. The minimum atomic E-state index is -0.0556. The van der Waals surface area contributed by atoms with Gasteiger partial charge in [-0.1, -0.05) is 53.8 Å². The molecule has 140 valence electrons. The highest BCUT2D eigenvalue weighted by molar-refractivity contribution is 7.22. The Kier molecular flexibility index (Phi) is 5.17. The second-order valence-corrected chi connectivity index (χ2v) is 7.75. The molecule has 4 nitrogen and oxygen atoms in total. The van der Waals surface area contributed by atoms with Gasteiger partial charge in [0.15, 0.2) is 5.13 Å². The summed E-state index contributed by atoms with van der Waals surface area (Å²) in [5.74, 6) is -0.0556. The monoisotopic (exact) mass is 387 g/mol. The second-order valence-electron chi connectivity index (χ2n) is 6.74. The van der Waals surface area contributed by atoms with Gasteiger partial charge in [-0.25, -0.2) is 4.98 Å². The number of pyridine rings is 1. The number of hydrogen-bond donors (Lipinski definition) is 0. The molecule has 0 saturated heterocycles. The minimum Gasteiger partial charge on any atom is -0.284 e. The van der Waals surface area contributed by atoms with Crippen molar-refractivity contribution in [1.82, 2.24) is 9.97 Å². The summed E-state index contributed by atoms with van der Waals surface area (Å²) in [6.07, 6.45) is 0.765. The molecule has 28 heavy (non-hydrogen) atoms. The number of fused-ring (bicyclic) bond motifs is 1. The second kappa shape index (κ2) is 7.90. The molecule has 0 fully saturated rings. The predicted octanol–water partition coefficient (Wildman–Crippen LogP) is 5.20. The van der Waals surface area contributed by atoms with Crippen LogP contribution in [0.5, 0.6) is 0 Å². The molecule has 0 atom stereocenters. The summed E-state index contributed by atoms with van der Waals surface area (Å²) < 4.78 is 1.08. The van der Waals surface area contributed by atoms with Gasteiger partial charge in [0.2, 0.25) is 0 Å². The van der Waals surface area contributed by atoms with Gasteiger partial charge in [-0.2, -0.15) is 0 Å². The number of amides is 1. The first-order chi connectivity index (χ1) is 13.6. The van der Waals surface area contributed by atoms with Gasteiger partial charge < -0.3 is 0 Å². The number of aryl methyl sites for hydroxylation is 2. The van der Waals surface area contributed by atoms with Crippen LogP contribution in [-0.4, -0.2) is 22.4 Å². The molecule has 1 amide bonds. The van der Waals surface area contributed by atoms with Crippen LogP contribution in [0.4, 0.5) is 5.13 Å². The fourth-order valence-corrected chi connectivity index (χ4v) is 4.19. The van der Waals surface area contributed by atoms with Crippen molar-refractivity contribution in [1.29, 1.82) is 0 Å². The zero-order valence-corrected chi connectivity index (χ0v) is 16.7. The van der Waals surface area contributed by atoms with Crippen LogP contribution in [0.2, 0.25) is 0 Å². The van der Waals surface area contributed by atoms with Gasteiger partial charge in [0.1, 0.15) is 0 Å². The number of hydrogen-bond acceptors (Lipinski definition) is 4. The molecule has 0 aliphatic rings. The molecular weight excluding hydrogens is 366 g/mol. The normalized spacial score (nSPS) is 10.9. The third-order valence-corrected chi connectivity index (χ3v) is 5.74. The van der Waals surface area contributed by atoms with E-state index in [9.17, 15) is 4.79 Å². The Bertz CT molecular complexity index is 1090. The molecule has 0 unspecified atom stereocenters. The molecule has 0 aliphatic heterocycles. The highest BCUT2D eigenvalue weighted by Crippen LogP contribution is 2.30. The van der Waals surface area contributed by atoms with E-state index in [2.05, 4.69) is 17.1 Å². The maximum Gasteiger partial charge on any atom is 0.261 e. The van der Waals surface area contributed by atoms with Gasteiger partial charge >= 0.3 is 0 Å². The van der Waals surface area contributed by atoms with Crippen LogP contribution in [0.25, 0.3) is 10.2 Å².